The van der Waals surface area contributed by atoms with E-state index < -0.39 is 0 Å². The van der Waals surface area contributed by atoms with Gasteiger partial charge in [-0.1, -0.05) is 69.7 Å². The molecule has 3 nitrogen and oxygen atoms in total. The molecule has 0 aromatic rings. The largest absolute Gasteiger partial charge is 0.206 e. The van der Waals surface area contributed by atoms with Crippen molar-refractivity contribution >= 4 is 0 Å². The van der Waals surface area contributed by atoms with Crippen molar-refractivity contribution in [1.29, 1.82) is 0 Å². The molecule has 1 aliphatic rings. The van der Waals surface area contributed by atoms with Crippen LogP contribution in [0.5, 0.6) is 0 Å². The zero-order valence-corrected chi connectivity index (χ0v) is 11.3. The summed E-state index contributed by atoms with van der Waals surface area (Å²) in [6, 6.07) is 0. The molecule has 3 heteroatoms. The molecule has 0 aliphatic carbocycles. The lowest BCUT2D eigenvalue weighted by molar-refractivity contribution is -0.549. The van der Waals surface area contributed by atoms with E-state index in [0.717, 1.165) is 12.8 Å². The third-order valence-electron chi connectivity index (χ3n) is 3.38. The molecule has 1 saturated heterocycles. The predicted molar refractivity (Wildman–Crippen MR) is 68.4 cm³/mol. The fourth-order valence-corrected chi connectivity index (χ4v) is 2.22. The van der Waals surface area contributed by atoms with E-state index in [1.165, 1.54) is 57.8 Å². The van der Waals surface area contributed by atoms with Crippen molar-refractivity contribution in [3.63, 3.8) is 0 Å². The van der Waals surface area contributed by atoms with Crippen molar-refractivity contribution in [3.8, 4) is 0 Å². The summed E-state index contributed by atoms with van der Waals surface area (Å²) in [5, 5.41) is 4.52. The lowest BCUT2D eigenvalue weighted by Gasteiger charge is -2.19. The van der Waals surface area contributed by atoms with Gasteiger partial charge in [-0.3, -0.25) is 0 Å². The summed E-state index contributed by atoms with van der Waals surface area (Å²) in [7, 11) is 0. The first-order chi connectivity index (χ1) is 8.43. The molecule has 0 radical (unpaired) electrons. The monoisotopic (exact) mass is 244 g/mol. The zero-order valence-electron chi connectivity index (χ0n) is 11.3. The molecule has 0 spiro atoms. The molecule has 0 aromatic carbocycles. The Labute approximate surface area is 106 Å². The van der Waals surface area contributed by atoms with E-state index in [1.807, 2.05) is 0 Å². The Hall–Kier alpha value is -0.120. The van der Waals surface area contributed by atoms with Gasteiger partial charge in [-0.05, 0) is 6.42 Å². The molecule has 1 heterocycles. The number of rotatable bonds is 10. The van der Waals surface area contributed by atoms with Crippen LogP contribution in [-0.2, 0) is 14.8 Å². The Bertz CT molecular complexity index is 156. The first-order valence-electron chi connectivity index (χ1n) is 7.38. The van der Waals surface area contributed by atoms with Crippen LogP contribution in [0.25, 0.3) is 0 Å². The molecule has 0 bridgehead atoms. The fraction of sp³-hybridized carbons (Fsp3) is 1.00. The highest BCUT2D eigenvalue weighted by molar-refractivity contribution is 4.57. The molecule has 0 amide bonds. The highest BCUT2D eigenvalue weighted by Gasteiger charge is 2.15. The van der Waals surface area contributed by atoms with E-state index >= 15 is 0 Å². The van der Waals surface area contributed by atoms with Gasteiger partial charge in [-0.2, -0.15) is 0 Å². The molecular weight excluding hydrogens is 216 g/mol. The molecule has 1 aliphatic heterocycles. The van der Waals surface area contributed by atoms with Crippen LogP contribution >= 0.6 is 0 Å². The maximum Gasteiger partial charge on any atom is 0.0984 e. The normalized spacial score (nSPS) is 20.6. The van der Waals surface area contributed by atoms with E-state index in [9.17, 15) is 0 Å². The first-order valence-corrected chi connectivity index (χ1v) is 7.38. The minimum atomic E-state index is 0.258. The summed E-state index contributed by atoms with van der Waals surface area (Å²) >= 11 is 0. The van der Waals surface area contributed by atoms with Crippen molar-refractivity contribution < 1.29 is 14.8 Å². The van der Waals surface area contributed by atoms with E-state index in [-0.39, 0.29) is 6.10 Å². The lowest BCUT2D eigenvalue weighted by atomic mass is 10.0. The summed E-state index contributed by atoms with van der Waals surface area (Å²) in [5.74, 6) is 0. The van der Waals surface area contributed by atoms with Gasteiger partial charge in [0, 0.05) is 6.42 Å². The van der Waals surface area contributed by atoms with Crippen molar-refractivity contribution in [1.82, 2.24) is 0 Å². The number of hydrogen-bond donors (Lipinski definition) is 0. The molecule has 1 fully saturated rings. The van der Waals surface area contributed by atoms with Crippen molar-refractivity contribution in [2.45, 2.75) is 83.7 Å². The molecule has 0 aromatic heterocycles. The third kappa shape index (κ3) is 8.58. The van der Waals surface area contributed by atoms with Crippen LogP contribution in [-0.4, -0.2) is 12.7 Å². The van der Waals surface area contributed by atoms with Gasteiger partial charge in [0.25, 0.3) is 0 Å². The van der Waals surface area contributed by atoms with Gasteiger partial charge in [-0.15, -0.1) is 0 Å². The van der Waals surface area contributed by atoms with Crippen LogP contribution in [0.2, 0.25) is 0 Å². The number of hydrogen-bond acceptors (Lipinski definition) is 3. The Morgan fingerprint density at radius 2 is 1.53 bits per heavy atom. The fourth-order valence-electron chi connectivity index (χ4n) is 2.22. The molecule has 1 rings (SSSR count). The van der Waals surface area contributed by atoms with Crippen molar-refractivity contribution in [2.75, 3.05) is 6.61 Å². The summed E-state index contributed by atoms with van der Waals surface area (Å²) in [4.78, 5) is 9.70. The van der Waals surface area contributed by atoms with Crippen LogP contribution in [0.3, 0.4) is 0 Å². The Morgan fingerprint density at radius 1 is 0.882 bits per heavy atom. The maximum absolute atomic E-state index is 5.03. The van der Waals surface area contributed by atoms with Gasteiger partial charge in [0.2, 0.25) is 0 Å². The first kappa shape index (κ1) is 14.9. The minimum absolute atomic E-state index is 0.258. The summed E-state index contributed by atoms with van der Waals surface area (Å²) < 4.78 is 0. The minimum Gasteiger partial charge on any atom is -0.206 e. The highest BCUT2D eigenvalue weighted by Crippen LogP contribution is 2.16. The summed E-state index contributed by atoms with van der Waals surface area (Å²) in [6.07, 6.45) is 14.7. The Morgan fingerprint density at radius 3 is 2.12 bits per heavy atom. The number of unbranched alkanes of at least 4 members (excludes halogenated alkanes) is 8. The quantitative estimate of drug-likeness (QED) is 0.416. The van der Waals surface area contributed by atoms with E-state index in [0.29, 0.717) is 6.61 Å². The zero-order chi connectivity index (χ0) is 12.2. The maximum atomic E-state index is 5.03. The van der Waals surface area contributed by atoms with Gasteiger partial charge in [0.1, 0.15) is 0 Å². The SMILES string of the molecule is CCCCCCCCCCCC1CCOOO1. The highest BCUT2D eigenvalue weighted by atomic mass is 17.5. The van der Waals surface area contributed by atoms with Gasteiger partial charge < -0.3 is 0 Å². The molecule has 1 unspecified atom stereocenters. The predicted octanol–water partition coefficient (Wildman–Crippen LogP) is 4.56. The average Bonchev–Trinajstić information content (AvgIpc) is 2.38. The third-order valence-corrected chi connectivity index (χ3v) is 3.38. The van der Waals surface area contributed by atoms with Crippen molar-refractivity contribution in [2.24, 2.45) is 0 Å². The van der Waals surface area contributed by atoms with E-state index in [2.05, 4.69) is 16.8 Å². The Kier molecular flexibility index (Phi) is 9.66. The van der Waals surface area contributed by atoms with Gasteiger partial charge in [0.15, 0.2) is 0 Å². The summed E-state index contributed by atoms with van der Waals surface area (Å²) in [5.41, 5.74) is 0. The molecule has 102 valence electrons. The van der Waals surface area contributed by atoms with Gasteiger partial charge in [-0.25, -0.2) is 9.78 Å². The van der Waals surface area contributed by atoms with E-state index in [1.54, 1.807) is 0 Å². The van der Waals surface area contributed by atoms with Crippen LogP contribution in [0.15, 0.2) is 0 Å². The average molecular weight is 244 g/mol. The second kappa shape index (κ2) is 11.0. The second-order valence-electron chi connectivity index (χ2n) is 5.01. The molecule has 17 heavy (non-hydrogen) atoms. The summed E-state index contributed by atoms with van der Waals surface area (Å²) in [6.45, 7) is 2.93. The van der Waals surface area contributed by atoms with Crippen LogP contribution in [0.4, 0.5) is 0 Å². The molecular formula is C14H28O3. The van der Waals surface area contributed by atoms with Crippen LogP contribution < -0.4 is 0 Å². The second-order valence-corrected chi connectivity index (χ2v) is 5.01. The van der Waals surface area contributed by atoms with E-state index in [4.69, 9.17) is 4.89 Å². The van der Waals surface area contributed by atoms with Crippen LogP contribution in [0.1, 0.15) is 77.6 Å². The van der Waals surface area contributed by atoms with Crippen LogP contribution in [0, 0.1) is 0 Å². The topological polar surface area (TPSA) is 27.7 Å². The standard InChI is InChI=1S/C14H28O3/c1-2-3-4-5-6-7-8-9-10-11-14-12-13-15-17-16-14/h14H,2-13H2,1H3. The van der Waals surface area contributed by atoms with Gasteiger partial charge in [0.05, 0.1) is 12.7 Å². The molecule has 1 atom stereocenters. The van der Waals surface area contributed by atoms with Gasteiger partial charge >= 0.3 is 0 Å². The molecule has 0 N–H and O–H groups in total. The Balaban J connectivity index is 1.75. The molecule has 0 saturated carbocycles. The van der Waals surface area contributed by atoms with Crippen molar-refractivity contribution in [3.05, 3.63) is 0 Å². The smallest absolute Gasteiger partial charge is 0.0984 e. The lowest BCUT2D eigenvalue weighted by Crippen LogP contribution is -2.21.